The Morgan fingerprint density at radius 3 is 2.53 bits per heavy atom. The Balaban J connectivity index is 3.01. The fraction of sp³-hybridized carbons (Fsp3) is 0.250. The SMILES string of the molecule is COc1cc(C(=O)C=C(SC)SC)ccc1F. The molecule has 0 spiro atoms. The molecule has 0 aromatic heterocycles. The zero-order valence-corrected chi connectivity index (χ0v) is 11.5. The van der Waals surface area contributed by atoms with E-state index in [1.807, 2.05) is 12.5 Å². The van der Waals surface area contributed by atoms with Gasteiger partial charge in [0.1, 0.15) is 0 Å². The molecule has 5 heteroatoms. The van der Waals surface area contributed by atoms with Gasteiger partial charge >= 0.3 is 0 Å². The van der Waals surface area contributed by atoms with Crippen molar-refractivity contribution in [2.45, 2.75) is 0 Å². The van der Waals surface area contributed by atoms with Crippen molar-refractivity contribution in [3.63, 3.8) is 0 Å². The second-order valence-electron chi connectivity index (χ2n) is 3.09. The first-order valence-electron chi connectivity index (χ1n) is 4.80. The number of halogens is 1. The van der Waals surface area contributed by atoms with Gasteiger partial charge in [0.25, 0.3) is 0 Å². The van der Waals surface area contributed by atoms with E-state index in [1.165, 1.54) is 48.8 Å². The number of carbonyl (C=O) groups is 1. The molecule has 0 heterocycles. The zero-order valence-electron chi connectivity index (χ0n) is 9.82. The molecule has 0 fully saturated rings. The number of benzene rings is 1. The summed E-state index contributed by atoms with van der Waals surface area (Å²) in [4.78, 5) is 11.9. The average molecular weight is 272 g/mol. The van der Waals surface area contributed by atoms with E-state index in [2.05, 4.69) is 0 Å². The molecular formula is C12H13FO2S2. The van der Waals surface area contributed by atoms with Crippen LogP contribution in [0.25, 0.3) is 0 Å². The fourth-order valence-corrected chi connectivity index (χ4v) is 2.32. The molecule has 1 aromatic carbocycles. The van der Waals surface area contributed by atoms with Crippen LogP contribution in [-0.2, 0) is 0 Å². The van der Waals surface area contributed by atoms with Gasteiger partial charge in [0.05, 0.1) is 7.11 Å². The number of ketones is 1. The Morgan fingerprint density at radius 1 is 1.35 bits per heavy atom. The maximum atomic E-state index is 13.2. The van der Waals surface area contributed by atoms with Gasteiger partial charge in [-0.3, -0.25) is 4.79 Å². The van der Waals surface area contributed by atoms with E-state index in [4.69, 9.17) is 4.74 Å². The van der Waals surface area contributed by atoms with E-state index in [0.29, 0.717) is 5.56 Å². The number of hydrogen-bond acceptors (Lipinski definition) is 4. The largest absolute Gasteiger partial charge is 0.494 e. The van der Waals surface area contributed by atoms with Gasteiger partial charge in [0, 0.05) is 15.9 Å². The molecule has 0 aliphatic heterocycles. The zero-order chi connectivity index (χ0) is 12.8. The molecule has 0 saturated heterocycles. The van der Waals surface area contributed by atoms with E-state index in [-0.39, 0.29) is 11.5 Å². The maximum Gasteiger partial charge on any atom is 0.187 e. The summed E-state index contributed by atoms with van der Waals surface area (Å²) in [5.74, 6) is -0.538. The minimum absolute atomic E-state index is 0.0825. The number of thioether (sulfide) groups is 2. The average Bonchev–Trinajstić information content (AvgIpc) is 2.36. The van der Waals surface area contributed by atoms with Crippen molar-refractivity contribution in [1.82, 2.24) is 0 Å². The Labute approximate surface area is 109 Å². The van der Waals surface area contributed by atoms with Crippen LogP contribution >= 0.6 is 23.5 Å². The van der Waals surface area contributed by atoms with Crippen molar-refractivity contribution < 1.29 is 13.9 Å². The third kappa shape index (κ3) is 3.78. The number of allylic oxidation sites excluding steroid dienone is 1. The van der Waals surface area contributed by atoms with Crippen LogP contribution in [0.3, 0.4) is 0 Å². The first kappa shape index (κ1) is 14.1. The van der Waals surface area contributed by atoms with Gasteiger partial charge in [-0.2, -0.15) is 0 Å². The molecule has 0 atom stereocenters. The van der Waals surface area contributed by atoms with Crippen molar-refractivity contribution in [1.29, 1.82) is 0 Å². The molecule has 0 aliphatic carbocycles. The lowest BCUT2D eigenvalue weighted by molar-refractivity contribution is 0.104. The van der Waals surface area contributed by atoms with Gasteiger partial charge < -0.3 is 4.74 Å². The summed E-state index contributed by atoms with van der Waals surface area (Å²) in [7, 11) is 1.37. The Morgan fingerprint density at radius 2 is 2.00 bits per heavy atom. The lowest BCUT2D eigenvalue weighted by Gasteiger charge is -2.04. The highest BCUT2D eigenvalue weighted by Crippen LogP contribution is 2.25. The maximum absolute atomic E-state index is 13.2. The number of carbonyl (C=O) groups excluding carboxylic acids is 1. The van der Waals surface area contributed by atoms with E-state index in [1.54, 1.807) is 6.08 Å². The van der Waals surface area contributed by atoms with Crippen molar-refractivity contribution in [3.8, 4) is 5.75 Å². The summed E-state index contributed by atoms with van der Waals surface area (Å²) < 4.78 is 18.9. The lowest BCUT2D eigenvalue weighted by atomic mass is 10.1. The highest BCUT2D eigenvalue weighted by atomic mass is 32.2. The molecule has 0 unspecified atom stereocenters. The Bertz CT molecular complexity index is 438. The van der Waals surface area contributed by atoms with E-state index in [9.17, 15) is 9.18 Å². The molecule has 1 rings (SSSR count). The molecule has 0 radical (unpaired) electrons. The topological polar surface area (TPSA) is 26.3 Å². The molecule has 2 nitrogen and oxygen atoms in total. The van der Waals surface area contributed by atoms with Crippen LogP contribution in [0.4, 0.5) is 4.39 Å². The molecular weight excluding hydrogens is 259 g/mol. The number of rotatable bonds is 5. The number of ether oxygens (including phenoxy) is 1. The van der Waals surface area contributed by atoms with Crippen LogP contribution in [0.15, 0.2) is 28.5 Å². The summed E-state index contributed by atoms with van der Waals surface area (Å²) in [5.41, 5.74) is 0.420. The minimum Gasteiger partial charge on any atom is -0.494 e. The molecule has 1 aromatic rings. The smallest absolute Gasteiger partial charge is 0.187 e. The molecule has 0 saturated carbocycles. The monoisotopic (exact) mass is 272 g/mol. The van der Waals surface area contributed by atoms with Gasteiger partial charge in [-0.15, -0.1) is 23.5 Å². The third-order valence-electron chi connectivity index (χ3n) is 2.09. The molecule has 0 N–H and O–H groups in total. The van der Waals surface area contributed by atoms with Crippen LogP contribution in [0.1, 0.15) is 10.4 Å². The third-order valence-corrected chi connectivity index (χ3v) is 4.13. The Kier molecular flexibility index (Phi) is 5.58. The van der Waals surface area contributed by atoms with Gasteiger partial charge in [-0.25, -0.2) is 4.39 Å². The highest BCUT2D eigenvalue weighted by molar-refractivity contribution is 8.21. The minimum atomic E-state index is -0.469. The standard InChI is InChI=1S/C12H13FO2S2/c1-15-11-6-8(4-5-9(11)13)10(14)7-12(16-2)17-3/h4-7H,1-3H3. The summed E-state index contributed by atoms with van der Waals surface area (Å²) >= 11 is 3.01. The fourth-order valence-electron chi connectivity index (χ4n) is 1.20. The number of methoxy groups -OCH3 is 1. The van der Waals surface area contributed by atoms with Crippen LogP contribution in [0.2, 0.25) is 0 Å². The summed E-state index contributed by atoms with van der Waals surface area (Å²) in [6.07, 6.45) is 5.35. The molecule has 0 bridgehead atoms. The summed E-state index contributed by atoms with van der Waals surface area (Å²) in [6.45, 7) is 0. The first-order valence-corrected chi connectivity index (χ1v) is 7.25. The van der Waals surface area contributed by atoms with Crippen molar-refractivity contribution in [3.05, 3.63) is 39.9 Å². The second-order valence-corrected chi connectivity index (χ2v) is 5.04. The highest BCUT2D eigenvalue weighted by Gasteiger charge is 2.09. The van der Waals surface area contributed by atoms with E-state index >= 15 is 0 Å². The number of hydrogen-bond donors (Lipinski definition) is 0. The molecule has 0 amide bonds. The van der Waals surface area contributed by atoms with Crippen LogP contribution < -0.4 is 4.74 Å². The molecule has 92 valence electrons. The second kappa shape index (κ2) is 6.71. The van der Waals surface area contributed by atoms with Gasteiger partial charge in [-0.1, -0.05) is 0 Å². The Hall–Kier alpha value is -0.940. The van der Waals surface area contributed by atoms with E-state index < -0.39 is 5.82 Å². The predicted octanol–water partition coefficient (Wildman–Crippen LogP) is 3.58. The van der Waals surface area contributed by atoms with Gasteiger partial charge in [0.2, 0.25) is 0 Å². The van der Waals surface area contributed by atoms with Crippen LogP contribution in [0.5, 0.6) is 5.75 Å². The van der Waals surface area contributed by atoms with Crippen molar-refractivity contribution >= 4 is 29.3 Å². The van der Waals surface area contributed by atoms with Crippen LogP contribution in [0, 0.1) is 5.82 Å². The molecule has 17 heavy (non-hydrogen) atoms. The van der Waals surface area contributed by atoms with Gasteiger partial charge in [-0.05, 0) is 30.7 Å². The normalized spacial score (nSPS) is 9.88. The van der Waals surface area contributed by atoms with Crippen molar-refractivity contribution in [2.24, 2.45) is 0 Å². The lowest BCUT2D eigenvalue weighted by Crippen LogP contribution is -1.97. The summed E-state index contributed by atoms with van der Waals surface area (Å²) in [5, 5.41) is 0. The van der Waals surface area contributed by atoms with Crippen LogP contribution in [-0.4, -0.2) is 25.4 Å². The first-order chi connectivity index (χ1) is 8.12. The summed E-state index contributed by atoms with van der Waals surface area (Å²) in [6, 6.07) is 4.10. The van der Waals surface area contributed by atoms with Gasteiger partial charge in [0.15, 0.2) is 17.3 Å². The molecule has 0 aliphatic rings. The van der Waals surface area contributed by atoms with Crippen molar-refractivity contribution in [2.75, 3.05) is 19.6 Å². The predicted molar refractivity (Wildman–Crippen MR) is 72.4 cm³/mol. The quantitative estimate of drug-likeness (QED) is 0.604. The van der Waals surface area contributed by atoms with E-state index in [0.717, 1.165) is 4.24 Å².